The number of hydrogen-bond acceptors (Lipinski definition) is 1. The maximum atomic E-state index is 2.51. The summed E-state index contributed by atoms with van der Waals surface area (Å²) >= 11 is 1.90. The number of thiophene rings is 1. The number of fused-ring (bicyclic) bond motifs is 18. The van der Waals surface area contributed by atoms with Crippen LogP contribution in [0.15, 0.2) is 279 Å². The third kappa shape index (κ3) is 7.49. The molecule has 18 rings (SSSR count). The molecular formula is C86H58S. The van der Waals surface area contributed by atoms with Crippen LogP contribution in [0.1, 0.15) is 49.9 Å². The molecule has 0 spiro atoms. The average molecular weight is 1120 g/mol. The molecule has 2 aliphatic carbocycles. The maximum Gasteiger partial charge on any atom is 0.0367 e. The Labute approximate surface area is 510 Å². The fourth-order valence-corrected chi connectivity index (χ4v) is 16.9. The van der Waals surface area contributed by atoms with Gasteiger partial charge >= 0.3 is 0 Å². The Morgan fingerprint density at radius 1 is 0.207 bits per heavy atom. The molecule has 1 heteroatoms. The molecule has 0 atom stereocenters. The lowest BCUT2D eigenvalue weighted by Crippen LogP contribution is -2.15. The molecule has 408 valence electrons. The molecule has 16 aromatic rings. The zero-order valence-corrected chi connectivity index (χ0v) is 49.8. The van der Waals surface area contributed by atoms with Crippen LogP contribution in [0.5, 0.6) is 0 Å². The Hall–Kier alpha value is -10.2. The van der Waals surface area contributed by atoms with Crippen LogP contribution in [0.3, 0.4) is 0 Å². The summed E-state index contributed by atoms with van der Waals surface area (Å²) < 4.78 is 2.60. The number of benzene rings is 15. The summed E-state index contributed by atoms with van der Waals surface area (Å²) in [5.41, 5.74) is 25.3. The van der Waals surface area contributed by atoms with Gasteiger partial charge in [-0.15, -0.1) is 11.3 Å². The summed E-state index contributed by atoms with van der Waals surface area (Å²) in [4.78, 5) is 0. The van der Waals surface area contributed by atoms with Gasteiger partial charge in [-0.25, -0.2) is 0 Å². The van der Waals surface area contributed by atoms with E-state index in [9.17, 15) is 0 Å². The molecular weight excluding hydrogens is 1070 g/mol. The first kappa shape index (κ1) is 50.2. The Bertz CT molecular complexity index is 5600. The van der Waals surface area contributed by atoms with Crippen LogP contribution < -0.4 is 0 Å². The maximum absolute atomic E-state index is 2.51. The van der Waals surface area contributed by atoms with Gasteiger partial charge in [0.1, 0.15) is 0 Å². The van der Waals surface area contributed by atoms with Gasteiger partial charge in [-0.05, 0) is 226 Å². The van der Waals surface area contributed by atoms with E-state index < -0.39 is 0 Å². The molecule has 0 amide bonds. The first-order valence-electron chi connectivity index (χ1n) is 30.6. The largest absolute Gasteiger partial charge is 0.135 e. The molecule has 0 N–H and O–H groups in total. The van der Waals surface area contributed by atoms with Gasteiger partial charge in [-0.1, -0.05) is 246 Å². The summed E-state index contributed by atoms with van der Waals surface area (Å²) in [5, 5.41) is 15.4. The van der Waals surface area contributed by atoms with Gasteiger partial charge in [-0.3, -0.25) is 0 Å². The molecule has 0 fully saturated rings. The SMILES string of the molecule is CC1(C)c2ccccc2-c2cc(-c3cc(-c4ccc5c(c4)-c4ccc(-c6cc(-c7ccccc7-c7cccc8c9ccccc9c9ccccc9c78)c7c(c6)sc6ccccc67)cc4C5(C)C)cc(-c4ccc5ccc6ccccc6c5c4)c3)ccc21. The molecule has 0 radical (unpaired) electrons. The summed E-state index contributed by atoms with van der Waals surface area (Å²) in [7, 11) is 0. The van der Waals surface area contributed by atoms with Crippen LogP contribution in [0.25, 0.3) is 163 Å². The molecule has 0 saturated carbocycles. The highest BCUT2D eigenvalue weighted by molar-refractivity contribution is 7.26. The van der Waals surface area contributed by atoms with Gasteiger partial charge in [0.15, 0.2) is 0 Å². The minimum absolute atomic E-state index is 0.0614. The lowest BCUT2D eigenvalue weighted by atomic mass is 9.81. The molecule has 1 heterocycles. The fraction of sp³-hybridized carbons (Fsp3) is 0.0698. The molecule has 0 nitrogen and oxygen atoms in total. The monoisotopic (exact) mass is 1120 g/mol. The molecule has 87 heavy (non-hydrogen) atoms. The van der Waals surface area contributed by atoms with Crippen molar-refractivity contribution in [3.05, 3.63) is 301 Å². The Balaban J connectivity index is 0.784. The topological polar surface area (TPSA) is 0 Å². The van der Waals surface area contributed by atoms with Crippen molar-refractivity contribution in [1.29, 1.82) is 0 Å². The second-order valence-corrected chi connectivity index (χ2v) is 26.5. The smallest absolute Gasteiger partial charge is 0.0367 e. The van der Waals surface area contributed by atoms with E-state index in [1.165, 1.54) is 185 Å². The Kier molecular flexibility index (Phi) is 10.8. The van der Waals surface area contributed by atoms with Crippen LogP contribution in [0.4, 0.5) is 0 Å². The highest BCUT2D eigenvalue weighted by atomic mass is 32.1. The van der Waals surface area contributed by atoms with Crippen molar-refractivity contribution in [2.45, 2.75) is 38.5 Å². The van der Waals surface area contributed by atoms with Crippen LogP contribution in [-0.4, -0.2) is 0 Å². The van der Waals surface area contributed by atoms with Crippen molar-refractivity contribution >= 4 is 85.4 Å². The third-order valence-electron chi connectivity index (χ3n) is 20.0. The summed E-state index contributed by atoms with van der Waals surface area (Å²) in [6, 6.07) is 106. The van der Waals surface area contributed by atoms with Crippen molar-refractivity contribution in [2.24, 2.45) is 0 Å². The standard InChI is InChI=1S/C86H58S/c1-85(2)77-30-15-13-25-67(77)74-46-54(37-40-78(74)85)58-42-57(53-35-34-52-33-32-51-18-5-6-19-61(51)73(52)45-53)43-59(44-58)55-38-41-79-75(47-55)68-39-36-56(49-80(68)86(79,3)4)60-48-76(84-72-27-14-16-31-81(72)87-82(84)50-60)66-24-10-9-23-65(66)71-29-17-28-70-64-21-8-7-20-62(64)63-22-11-12-26-69(63)83(70)71/h5-50H,1-4H3. The summed E-state index contributed by atoms with van der Waals surface area (Å²) in [6.45, 7) is 9.58. The molecule has 0 unspecified atom stereocenters. The molecule has 0 aliphatic heterocycles. The molecule has 1 aromatic heterocycles. The number of hydrogen-bond donors (Lipinski definition) is 0. The van der Waals surface area contributed by atoms with Crippen molar-refractivity contribution in [3.8, 4) is 89.0 Å². The van der Waals surface area contributed by atoms with E-state index in [1.807, 2.05) is 11.3 Å². The van der Waals surface area contributed by atoms with Gasteiger partial charge in [0.25, 0.3) is 0 Å². The first-order chi connectivity index (χ1) is 42.6. The van der Waals surface area contributed by atoms with Crippen LogP contribution in [-0.2, 0) is 10.8 Å². The lowest BCUT2D eigenvalue weighted by Gasteiger charge is -2.22. The van der Waals surface area contributed by atoms with Gasteiger partial charge < -0.3 is 0 Å². The van der Waals surface area contributed by atoms with Crippen LogP contribution in [0, 0.1) is 0 Å². The van der Waals surface area contributed by atoms with E-state index in [4.69, 9.17) is 0 Å². The van der Waals surface area contributed by atoms with E-state index in [0.717, 1.165) is 0 Å². The second kappa shape index (κ2) is 18.7. The molecule has 0 bridgehead atoms. The summed E-state index contributed by atoms with van der Waals surface area (Å²) in [5.74, 6) is 0. The van der Waals surface area contributed by atoms with Gasteiger partial charge in [-0.2, -0.15) is 0 Å². The van der Waals surface area contributed by atoms with Crippen molar-refractivity contribution in [3.63, 3.8) is 0 Å². The zero-order chi connectivity index (χ0) is 57.9. The van der Waals surface area contributed by atoms with E-state index >= 15 is 0 Å². The average Bonchev–Trinajstić information content (AvgIpc) is 1.87. The van der Waals surface area contributed by atoms with Crippen molar-refractivity contribution < 1.29 is 0 Å². The predicted molar refractivity (Wildman–Crippen MR) is 375 cm³/mol. The quantitative estimate of drug-likeness (QED) is 0.146. The summed E-state index contributed by atoms with van der Waals surface area (Å²) in [6.07, 6.45) is 0. The normalized spacial score (nSPS) is 13.7. The zero-order valence-electron chi connectivity index (χ0n) is 49.0. The minimum Gasteiger partial charge on any atom is -0.135 e. The highest BCUT2D eigenvalue weighted by Crippen LogP contribution is 2.54. The Morgan fingerprint density at radius 2 is 0.632 bits per heavy atom. The number of rotatable bonds is 6. The first-order valence-corrected chi connectivity index (χ1v) is 31.4. The molecule has 2 aliphatic rings. The lowest BCUT2D eigenvalue weighted by molar-refractivity contribution is 0.660. The van der Waals surface area contributed by atoms with Crippen LogP contribution >= 0.6 is 11.3 Å². The van der Waals surface area contributed by atoms with E-state index in [-0.39, 0.29) is 10.8 Å². The van der Waals surface area contributed by atoms with Gasteiger partial charge in [0.2, 0.25) is 0 Å². The van der Waals surface area contributed by atoms with E-state index in [0.29, 0.717) is 0 Å². The van der Waals surface area contributed by atoms with Gasteiger partial charge in [0, 0.05) is 31.0 Å². The second-order valence-electron chi connectivity index (χ2n) is 25.5. The minimum atomic E-state index is -0.229. The van der Waals surface area contributed by atoms with E-state index in [1.54, 1.807) is 0 Å². The predicted octanol–water partition coefficient (Wildman–Crippen LogP) is 24.4. The van der Waals surface area contributed by atoms with Gasteiger partial charge in [0.05, 0.1) is 0 Å². The fourth-order valence-electron chi connectivity index (χ4n) is 15.7. The Morgan fingerprint density at radius 3 is 1.32 bits per heavy atom. The van der Waals surface area contributed by atoms with Crippen molar-refractivity contribution in [2.75, 3.05) is 0 Å². The third-order valence-corrected chi connectivity index (χ3v) is 21.1. The molecule has 15 aromatic carbocycles. The highest BCUT2D eigenvalue weighted by Gasteiger charge is 2.37. The van der Waals surface area contributed by atoms with Crippen molar-refractivity contribution in [1.82, 2.24) is 0 Å². The van der Waals surface area contributed by atoms with Crippen LogP contribution in [0.2, 0.25) is 0 Å². The van der Waals surface area contributed by atoms with E-state index in [2.05, 4.69) is 307 Å². The molecule has 0 saturated heterocycles.